The zero-order valence-electron chi connectivity index (χ0n) is 18.5. The molecule has 1 aromatic heterocycles. The van der Waals surface area contributed by atoms with Gasteiger partial charge < -0.3 is 19.8 Å². The van der Waals surface area contributed by atoms with Gasteiger partial charge in [0.15, 0.2) is 11.5 Å². The van der Waals surface area contributed by atoms with Crippen LogP contribution in [0.1, 0.15) is 29.7 Å². The van der Waals surface area contributed by atoms with E-state index in [2.05, 4.69) is 16.4 Å². The molecule has 33 heavy (non-hydrogen) atoms. The molecule has 1 unspecified atom stereocenters. The van der Waals surface area contributed by atoms with E-state index in [1.165, 1.54) is 0 Å². The Bertz CT molecular complexity index is 1400. The molecule has 0 aliphatic carbocycles. The Kier molecular flexibility index (Phi) is 5.35. The predicted octanol–water partition coefficient (Wildman–Crippen LogP) is 6.58. The largest absolute Gasteiger partial charge is 0.493 e. The van der Waals surface area contributed by atoms with Gasteiger partial charge in [-0.25, -0.2) is 0 Å². The summed E-state index contributed by atoms with van der Waals surface area (Å²) >= 11 is 6.01. The molecule has 1 atom stereocenters. The minimum Gasteiger partial charge on any atom is -0.493 e. The minimum absolute atomic E-state index is 0.224. The number of anilines is 1. The van der Waals surface area contributed by atoms with E-state index in [1.54, 1.807) is 31.4 Å². The highest BCUT2D eigenvalue weighted by Crippen LogP contribution is 2.49. The molecule has 1 amide bonds. The Labute approximate surface area is 197 Å². The molecular formula is C27H23ClN2O3. The third-order valence-corrected chi connectivity index (χ3v) is 6.29. The van der Waals surface area contributed by atoms with Gasteiger partial charge in [0.1, 0.15) is 5.76 Å². The van der Waals surface area contributed by atoms with Crippen LogP contribution in [-0.4, -0.2) is 18.0 Å². The molecule has 1 aliphatic heterocycles. The molecule has 0 spiro atoms. The second-order valence-corrected chi connectivity index (χ2v) is 8.49. The lowest BCUT2D eigenvalue weighted by atomic mass is 9.80. The van der Waals surface area contributed by atoms with Crippen molar-refractivity contribution in [2.75, 3.05) is 12.4 Å². The first-order valence-corrected chi connectivity index (χ1v) is 11.1. The second kappa shape index (κ2) is 8.34. The number of ether oxygens (including phenoxy) is 2. The van der Waals surface area contributed by atoms with Crippen molar-refractivity contribution in [3.8, 4) is 11.5 Å². The normalized spacial score (nSPS) is 15.2. The van der Waals surface area contributed by atoms with Crippen molar-refractivity contribution in [3.63, 3.8) is 0 Å². The molecule has 166 valence electrons. The number of carbonyl (C=O) groups is 1. The van der Waals surface area contributed by atoms with Crippen molar-refractivity contribution >= 4 is 34.1 Å². The zero-order valence-corrected chi connectivity index (χ0v) is 19.3. The van der Waals surface area contributed by atoms with Crippen LogP contribution in [-0.2, 0) is 4.79 Å². The minimum atomic E-state index is -0.340. The summed E-state index contributed by atoms with van der Waals surface area (Å²) in [5, 5.41) is 4.69. The highest BCUT2D eigenvalue weighted by atomic mass is 35.5. The first kappa shape index (κ1) is 21.2. The van der Waals surface area contributed by atoms with Crippen molar-refractivity contribution in [2.45, 2.75) is 19.8 Å². The third-order valence-electron chi connectivity index (χ3n) is 6.04. The number of aromatic nitrogens is 1. The summed E-state index contributed by atoms with van der Waals surface area (Å²) in [5.41, 5.74) is 5.17. The molecule has 0 radical (unpaired) electrons. The number of amides is 1. The fraction of sp³-hybridized carbons (Fsp3) is 0.148. The van der Waals surface area contributed by atoms with E-state index >= 15 is 0 Å². The predicted molar refractivity (Wildman–Crippen MR) is 131 cm³/mol. The van der Waals surface area contributed by atoms with Gasteiger partial charge in [-0.15, -0.1) is 0 Å². The van der Waals surface area contributed by atoms with Crippen molar-refractivity contribution in [2.24, 2.45) is 0 Å². The Morgan fingerprint density at radius 2 is 1.79 bits per heavy atom. The summed E-state index contributed by atoms with van der Waals surface area (Å²) < 4.78 is 11.8. The zero-order chi connectivity index (χ0) is 23.1. The van der Waals surface area contributed by atoms with Crippen LogP contribution in [0.5, 0.6) is 11.5 Å². The molecule has 5 rings (SSSR count). The molecule has 2 N–H and O–H groups in total. The molecule has 0 fully saturated rings. The second-order valence-electron chi connectivity index (χ2n) is 8.05. The molecule has 1 aliphatic rings. The van der Waals surface area contributed by atoms with E-state index in [0.29, 0.717) is 33.5 Å². The molecular weight excluding hydrogens is 436 g/mol. The van der Waals surface area contributed by atoms with Gasteiger partial charge >= 0.3 is 0 Å². The van der Waals surface area contributed by atoms with Crippen LogP contribution in [0, 0.1) is 6.92 Å². The van der Waals surface area contributed by atoms with E-state index < -0.39 is 0 Å². The Morgan fingerprint density at radius 1 is 1.03 bits per heavy atom. The SMILES string of the molecule is COc1cccc2c1OC(C)=C(C(=O)Nc1ccc(Cl)cc1)C2c1c(C)[nH]c2ccccc12. The fourth-order valence-corrected chi connectivity index (χ4v) is 4.72. The number of allylic oxidation sites excluding steroid dienone is 1. The number of methoxy groups -OCH3 is 1. The van der Waals surface area contributed by atoms with E-state index in [4.69, 9.17) is 21.1 Å². The maximum atomic E-state index is 13.7. The van der Waals surface area contributed by atoms with Gasteiger partial charge in [0.2, 0.25) is 0 Å². The summed E-state index contributed by atoms with van der Waals surface area (Å²) in [6.07, 6.45) is 0. The maximum absolute atomic E-state index is 13.7. The molecule has 3 aromatic carbocycles. The summed E-state index contributed by atoms with van der Waals surface area (Å²) in [5.74, 6) is 1.24. The van der Waals surface area contributed by atoms with Gasteiger partial charge in [-0.3, -0.25) is 4.79 Å². The average molecular weight is 459 g/mol. The van der Waals surface area contributed by atoms with Crippen molar-refractivity contribution < 1.29 is 14.3 Å². The van der Waals surface area contributed by atoms with Crippen LogP contribution in [0.2, 0.25) is 5.02 Å². The van der Waals surface area contributed by atoms with Crippen molar-refractivity contribution in [1.82, 2.24) is 4.98 Å². The average Bonchev–Trinajstić information content (AvgIpc) is 3.14. The van der Waals surface area contributed by atoms with Crippen LogP contribution in [0.3, 0.4) is 0 Å². The number of para-hydroxylation sites is 2. The summed E-state index contributed by atoms with van der Waals surface area (Å²) in [4.78, 5) is 17.1. The lowest BCUT2D eigenvalue weighted by Gasteiger charge is -2.30. The molecule has 2 heterocycles. The first-order valence-electron chi connectivity index (χ1n) is 10.7. The number of fused-ring (bicyclic) bond motifs is 2. The number of hydrogen-bond donors (Lipinski definition) is 2. The maximum Gasteiger partial charge on any atom is 0.255 e. The number of benzene rings is 3. The molecule has 0 saturated carbocycles. The monoisotopic (exact) mass is 458 g/mol. The molecule has 0 bridgehead atoms. The number of nitrogens with one attached hydrogen (secondary N) is 2. The lowest BCUT2D eigenvalue weighted by Crippen LogP contribution is -2.26. The van der Waals surface area contributed by atoms with Crippen LogP contribution in [0.15, 0.2) is 78.1 Å². The number of halogens is 1. The van der Waals surface area contributed by atoms with Gasteiger partial charge in [0.25, 0.3) is 5.91 Å². The standard InChI is InChI=1S/C27H23ClN2O3/c1-15-23(19-7-4-5-9-21(19)29-15)25-20-8-6-10-22(32-3)26(20)33-16(2)24(25)27(31)30-18-13-11-17(28)12-14-18/h4-14,25,29H,1-3H3,(H,30,31). The van der Waals surface area contributed by atoms with Crippen molar-refractivity contribution in [3.05, 3.63) is 99.9 Å². The van der Waals surface area contributed by atoms with Gasteiger partial charge in [0.05, 0.1) is 12.7 Å². The van der Waals surface area contributed by atoms with Crippen LogP contribution in [0.4, 0.5) is 5.69 Å². The highest BCUT2D eigenvalue weighted by Gasteiger charge is 2.37. The Hall–Kier alpha value is -3.70. The smallest absolute Gasteiger partial charge is 0.255 e. The van der Waals surface area contributed by atoms with Crippen molar-refractivity contribution in [1.29, 1.82) is 0 Å². The van der Waals surface area contributed by atoms with E-state index in [-0.39, 0.29) is 11.8 Å². The summed E-state index contributed by atoms with van der Waals surface area (Å²) in [6, 6.07) is 21.0. The lowest BCUT2D eigenvalue weighted by molar-refractivity contribution is -0.113. The summed E-state index contributed by atoms with van der Waals surface area (Å²) in [7, 11) is 1.62. The number of carbonyl (C=O) groups excluding carboxylic acids is 1. The van der Waals surface area contributed by atoms with Gasteiger partial charge in [-0.2, -0.15) is 0 Å². The van der Waals surface area contributed by atoms with E-state index in [1.807, 2.05) is 50.2 Å². The topological polar surface area (TPSA) is 63.4 Å². The fourth-order valence-electron chi connectivity index (χ4n) is 4.59. The molecule has 5 nitrogen and oxygen atoms in total. The Balaban J connectivity index is 1.70. The number of aryl methyl sites for hydroxylation is 1. The quantitative estimate of drug-likeness (QED) is 0.363. The summed E-state index contributed by atoms with van der Waals surface area (Å²) in [6.45, 7) is 3.86. The van der Waals surface area contributed by atoms with Gasteiger partial charge in [-0.1, -0.05) is 41.9 Å². The molecule has 0 saturated heterocycles. The number of H-pyrrole nitrogens is 1. The van der Waals surface area contributed by atoms with Crippen LogP contribution in [0.25, 0.3) is 10.9 Å². The van der Waals surface area contributed by atoms with Crippen LogP contribution < -0.4 is 14.8 Å². The first-order chi connectivity index (χ1) is 16.0. The number of aromatic amines is 1. The highest BCUT2D eigenvalue weighted by molar-refractivity contribution is 6.30. The number of hydrogen-bond acceptors (Lipinski definition) is 3. The third kappa shape index (κ3) is 3.64. The van der Waals surface area contributed by atoms with Gasteiger partial charge in [0, 0.05) is 38.8 Å². The van der Waals surface area contributed by atoms with Gasteiger partial charge in [-0.05, 0) is 55.8 Å². The number of rotatable bonds is 4. The van der Waals surface area contributed by atoms with E-state index in [0.717, 1.165) is 27.7 Å². The molecule has 6 heteroatoms. The van der Waals surface area contributed by atoms with E-state index in [9.17, 15) is 4.79 Å². The van der Waals surface area contributed by atoms with Crippen LogP contribution >= 0.6 is 11.6 Å². The molecule has 4 aromatic rings. The Morgan fingerprint density at radius 3 is 2.55 bits per heavy atom.